The van der Waals surface area contributed by atoms with Crippen LogP contribution in [0.1, 0.15) is 5.82 Å². The maximum absolute atomic E-state index is 13.0. The van der Waals surface area contributed by atoms with Gasteiger partial charge in [0.15, 0.2) is 0 Å². The summed E-state index contributed by atoms with van der Waals surface area (Å²) in [5.41, 5.74) is 1.10. The molecule has 1 aromatic carbocycles. The van der Waals surface area contributed by atoms with Crippen LogP contribution in [0.2, 0.25) is 0 Å². The lowest BCUT2D eigenvalue weighted by Gasteiger charge is -2.00. The fraction of sp³-hybridized carbons (Fsp3) is 0.0556. The first kappa shape index (κ1) is 16.5. The number of rotatable bonds is 4. The fourth-order valence-electron chi connectivity index (χ4n) is 2.84. The number of hydrogen-bond donors (Lipinski definition) is 1. The molecule has 0 bridgehead atoms. The molecule has 0 radical (unpaired) electrons. The minimum atomic E-state index is -0.337. The first-order valence-corrected chi connectivity index (χ1v) is 9.13. The van der Waals surface area contributed by atoms with Gasteiger partial charge >= 0.3 is 0 Å². The third-order valence-corrected chi connectivity index (χ3v) is 5.00. The molecule has 0 unspecified atom stereocenters. The summed E-state index contributed by atoms with van der Waals surface area (Å²) >= 11 is 1.36. The van der Waals surface area contributed by atoms with Gasteiger partial charge in [-0.25, -0.2) is 9.37 Å². The van der Waals surface area contributed by atoms with E-state index in [1.807, 2.05) is 5.38 Å². The van der Waals surface area contributed by atoms with Gasteiger partial charge in [-0.1, -0.05) is 0 Å². The average Bonchev–Trinajstić information content (AvgIpc) is 3.42. The van der Waals surface area contributed by atoms with Crippen LogP contribution in [0.3, 0.4) is 0 Å². The lowest BCUT2D eigenvalue weighted by Crippen LogP contribution is -2.15. The Bertz CT molecular complexity index is 1320. The van der Waals surface area contributed by atoms with E-state index in [0.717, 1.165) is 0 Å². The van der Waals surface area contributed by atoms with E-state index in [2.05, 4.69) is 25.4 Å². The zero-order valence-corrected chi connectivity index (χ0v) is 15.0. The SMILES string of the molecule is O=c1[nH]c(Cn2nnc(-c3ccc(F)cc3)n2)nc2scc(-c3ccco3)c12. The molecule has 4 heterocycles. The number of halogens is 1. The lowest BCUT2D eigenvalue weighted by atomic mass is 10.2. The monoisotopic (exact) mass is 394 g/mol. The van der Waals surface area contributed by atoms with E-state index in [1.165, 1.54) is 28.3 Å². The van der Waals surface area contributed by atoms with Gasteiger partial charge in [0.2, 0.25) is 5.82 Å². The van der Waals surface area contributed by atoms with Crippen LogP contribution in [0.15, 0.2) is 57.3 Å². The van der Waals surface area contributed by atoms with Crippen LogP contribution in [0, 0.1) is 5.82 Å². The van der Waals surface area contributed by atoms with Crippen molar-refractivity contribution < 1.29 is 8.81 Å². The van der Waals surface area contributed by atoms with Crippen LogP contribution in [0.4, 0.5) is 4.39 Å². The summed E-state index contributed by atoms with van der Waals surface area (Å²) < 4.78 is 18.4. The molecule has 4 aromatic heterocycles. The van der Waals surface area contributed by atoms with E-state index in [-0.39, 0.29) is 17.9 Å². The Labute approximate surface area is 160 Å². The minimum absolute atomic E-state index is 0.146. The molecule has 28 heavy (non-hydrogen) atoms. The second-order valence-corrected chi connectivity index (χ2v) is 6.83. The highest BCUT2D eigenvalue weighted by Crippen LogP contribution is 2.30. The molecule has 0 fully saturated rings. The summed E-state index contributed by atoms with van der Waals surface area (Å²) in [6.07, 6.45) is 1.56. The molecule has 5 aromatic rings. The number of nitrogens with zero attached hydrogens (tertiary/aromatic N) is 5. The van der Waals surface area contributed by atoms with Gasteiger partial charge in [0, 0.05) is 16.5 Å². The first-order chi connectivity index (χ1) is 13.7. The van der Waals surface area contributed by atoms with Gasteiger partial charge in [-0.2, -0.15) is 4.80 Å². The number of aromatic nitrogens is 6. The molecule has 138 valence electrons. The number of aromatic amines is 1. The van der Waals surface area contributed by atoms with E-state index in [1.54, 1.807) is 30.5 Å². The smallest absolute Gasteiger partial charge is 0.260 e. The highest BCUT2D eigenvalue weighted by Gasteiger charge is 2.15. The van der Waals surface area contributed by atoms with Crippen molar-refractivity contribution in [1.82, 2.24) is 30.2 Å². The third kappa shape index (κ3) is 2.89. The van der Waals surface area contributed by atoms with Crippen LogP contribution in [-0.4, -0.2) is 30.2 Å². The Morgan fingerprint density at radius 3 is 2.86 bits per heavy atom. The third-order valence-electron chi connectivity index (χ3n) is 4.13. The molecule has 0 saturated carbocycles. The van der Waals surface area contributed by atoms with E-state index in [0.29, 0.717) is 38.8 Å². The van der Waals surface area contributed by atoms with E-state index >= 15 is 0 Å². The van der Waals surface area contributed by atoms with Gasteiger partial charge in [-0.05, 0) is 41.6 Å². The molecule has 5 rings (SSSR count). The van der Waals surface area contributed by atoms with Crippen molar-refractivity contribution >= 4 is 21.6 Å². The summed E-state index contributed by atoms with van der Waals surface area (Å²) in [7, 11) is 0. The normalized spacial score (nSPS) is 11.3. The number of furan rings is 1. The molecule has 0 amide bonds. The summed E-state index contributed by atoms with van der Waals surface area (Å²) in [5.74, 6) is 1.05. The minimum Gasteiger partial charge on any atom is -0.464 e. The quantitative estimate of drug-likeness (QED) is 0.503. The molecule has 0 aliphatic rings. The zero-order valence-electron chi connectivity index (χ0n) is 14.2. The number of thiophene rings is 1. The maximum atomic E-state index is 13.0. The summed E-state index contributed by atoms with van der Waals surface area (Å²) in [6, 6.07) is 9.37. The van der Waals surface area contributed by atoms with Gasteiger partial charge in [0.05, 0.1) is 11.6 Å². The fourth-order valence-corrected chi connectivity index (χ4v) is 3.79. The van der Waals surface area contributed by atoms with Crippen molar-refractivity contribution in [2.45, 2.75) is 6.54 Å². The Morgan fingerprint density at radius 1 is 1.21 bits per heavy atom. The Kier molecular flexibility index (Phi) is 3.83. The highest BCUT2D eigenvalue weighted by molar-refractivity contribution is 7.17. The van der Waals surface area contributed by atoms with Gasteiger partial charge in [-0.3, -0.25) is 4.79 Å². The lowest BCUT2D eigenvalue weighted by molar-refractivity contribution is 0.555. The zero-order chi connectivity index (χ0) is 19.1. The van der Waals surface area contributed by atoms with Crippen LogP contribution in [0.25, 0.3) is 32.9 Å². The summed E-state index contributed by atoms with van der Waals surface area (Å²) in [6.45, 7) is 0.146. The topological polar surface area (TPSA) is 102 Å². The Morgan fingerprint density at radius 2 is 2.07 bits per heavy atom. The van der Waals surface area contributed by atoms with Gasteiger partial charge < -0.3 is 9.40 Å². The van der Waals surface area contributed by atoms with Crippen LogP contribution >= 0.6 is 11.3 Å². The van der Waals surface area contributed by atoms with Crippen molar-refractivity contribution in [1.29, 1.82) is 0 Å². The van der Waals surface area contributed by atoms with Crippen LogP contribution in [0.5, 0.6) is 0 Å². The highest BCUT2D eigenvalue weighted by atomic mass is 32.1. The average molecular weight is 394 g/mol. The van der Waals surface area contributed by atoms with Crippen molar-refractivity contribution in [3.8, 4) is 22.7 Å². The molecule has 1 N–H and O–H groups in total. The van der Waals surface area contributed by atoms with E-state index < -0.39 is 0 Å². The summed E-state index contributed by atoms with van der Waals surface area (Å²) in [4.78, 5) is 21.8. The molecule has 8 nitrogen and oxygen atoms in total. The van der Waals surface area contributed by atoms with Crippen molar-refractivity contribution in [3.63, 3.8) is 0 Å². The van der Waals surface area contributed by atoms with E-state index in [4.69, 9.17) is 4.42 Å². The second-order valence-electron chi connectivity index (χ2n) is 5.97. The number of nitrogens with one attached hydrogen (secondary N) is 1. The number of hydrogen-bond acceptors (Lipinski definition) is 7. The molecular weight excluding hydrogens is 383 g/mol. The maximum Gasteiger partial charge on any atom is 0.260 e. The largest absolute Gasteiger partial charge is 0.464 e. The second kappa shape index (κ2) is 6.50. The first-order valence-electron chi connectivity index (χ1n) is 8.25. The van der Waals surface area contributed by atoms with Crippen LogP contribution in [-0.2, 0) is 6.54 Å². The number of H-pyrrole nitrogens is 1. The predicted octanol–water partition coefficient (Wildman–Crippen LogP) is 3.09. The molecule has 0 saturated heterocycles. The van der Waals surface area contributed by atoms with Crippen LogP contribution < -0.4 is 5.56 Å². The molecule has 0 aliphatic carbocycles. The van der Waals surface area contributed by atoms with Gasteiger partial charge in [-0.15, -0.1) is 21.5 Å². The number of benzene rings is 1. The molecular formula is C18H11FN6O2S. The van der Waals surface area contributed by atoms with Gasteiger partial charge in [0.25, 0.3) is 5.56 Å². The number of tetrazole rings is 1. The van der Waals surface area contributed by atoms with Gasteiger partial charge in [0.1, 0.15) is 28.8 Å². The van der Waals surface area contributed by atoms with Crippen molar-refractivity contribution in [2.24, 2.45) is 0 Å². The molecule has 0 aliphatic heterocycles. The van der Waals surface area contributed by atoms with Crippen molar-refractivity contribution in [2.75, 3.05) is 0 Å². The molecule has 10 heteroatoms. The molecule has 0 spiro atoms. The van der Waals surface area contributed by atoms with Crippen molar-refractivity contribution in [3.05, 3.63) is 70.0 Å². The predicted molar refractivity (Wildman–Crippen MR) is 100 cm³/mol. The standard InChI is InChI=1S/C18H11FN6O2S/c19-11-5-3-10(4-6-11)16-22-24-25(23-16)8-14-20-17(26)15-12(9-28-18(15)21-14)13-2-1-7-27-13/h1-7,9H,8H2,(H,20,21,26). The Balaban J connectivity index is 1.46. The summed E-state index contributed by atoms with van der Waals surface area (Å²) in [5, 5.41) is 14.5. The number of fused-ring (bicyclic) bond motifs is 1. The Hall–Kier alpha value is -3.66. The van der Waals surface area contributed by atoms with E-state index in [9.17, 15) is 9.18 Å². The molecule has 0 atom stereocenters.